The summed E-state index contributed by atoms with van der Waals surface area (Å²) in [5, 5.41) is 0. The normalized spacial score (nSPS) is 12.0. The molecule has 2 aromatic carbocycles. The van der Waals surface area contributed by atoms with Crippen LogP contribution in [-0.4, -0.2) is 23.7 Å². The standard InChI is InChI=1S/C19H19BrN2O2S/c1-3-24-11-10-22-16-9-4-13(2)12-17(16)25-19(22)21-18(23)14-5-7-15(20)8-6-14/h4-9,12H,3,10-11H2,1-2H3. The van der Waals surface area contributed by atoms with Crippen LogP contribution in [-0.2, 0) is 11.3 Å². The molecule has 0 spiro atoms. The van der Waals surface area contributed by atoms with E-state index in [1.54, 1.807) is 12.1 Å². The summed E-state index contributed by atoms with van der Waals surface area (Å²) in [6.07, 6.45) is 0. The molecule has 0 N–H and O–H groups in total. The summed E-state index contributed by atoms with van der Waals surface area (Å²) in [5.41, 5.74) is 2.85. The first-order chi connectivity index (χ1) is 12.1. The first-order valence-corrected chi connectivity index (χ1v) is 9.72. The van der Waals surface area contributed by atoms with Gasteiger partial charge < -0.3 is 9.30 Å². The highest BCUT2D eigenvalue weighted by atomic mass is 79.9. The van der Waals surface area contributed by atoms with Crippen LogP contribution in [0.3, 0.4) is 0 Å². The van der Waals surface area contributed by atoms with Crippen molar-refractivity contribution < 1.29 is 9.53 Å². The smallest absolute Gasteiger partial charge is 0.279 e. The van der Waals surface area contributed by atoms with E-state index in [1.807, 2.05) is 19.1 Å². The number of ether oxygens (including phenoxy) is 1. The molecular formula is C19H19BrN2O2S. The van der Waals surface area contributed by atoms with Crippen molar-refractivity contribution in [3.63, 3.8) is 0 Å². The van der Waals surface area contributed by atoms with E-state index >= 15 is 0 Å². The van der Waals surface area contributed by atoms with E-state index in [0.717, 1.165) is 14.7 Å². The molecule has 3 rings (SSSR count). The molecule has 0 atom stereocenters. The second kappa shape index (κ2) is 8.08. The van der Waals surface area contributed by atoms with Gasteiger partial charge in [-0.05, 0) is 55.8 Å². The summed E-state index contributed by atoms with van der Waals surface area (Å²) in [4.78, 5) is 17.6. The van der Waals surface area contributed by atoms with Gasteiger partial charge >= 0.3 is 0 Å². The molecule has 0 aliphatic rings. The summed E-state index contributed by atoms with van der Waals surface area (Å²) < 4.78 is 9.61. The third-order valence-electron chi connectivity index (χ3n) is 3.79. The minimum absolute atomic E-state index is 0.235. The maximum atomic E-state index is 12.5. The van der Waals surface area contributed by atoms with E-state index in [2.05, 4.69) is 50.6 Å². The van der Waals surface area contributed by atoms with Crippen LogP contribution in [0, 0.1) is 6.92 Å². The molecule has 0 radical (unpaired) electrons. The highest BCUT2D eigenvalue weighted by Crippen LogP contribution is 2.19. The van der Waals surface area contributed by atoms with Crippen molar-refractivity contribution in [3.05, 3.63) is 62.9 Å². The summed E-state index contributed by atoms with van der Waals surface area (Å²) in [5.74, 6) is -0.235. The van der Waals surface area contributed by atoms with Gasteiger partial charge in [0.05, 0.1) is 16.8 Å². The van der Waals surface area contributed by atoms with E-state index in [4.69, 9.17) is 4.74 Å². The van der Waals surface area contributed by atoms with Crippen molar-refractivity contribution in [3.8, 4) is 0 Å². The zero-order valence-electron chi connectivity index (χ0n) is 14.2. The van der Waals surface area contributed by atoms with Crippen LogP contribution in [0.1, 0.15) is 22.8 Å². The van der Waals surface area contributed by atoms with Crippen molar-refractivity contribution in [2.24, 2.45) is 4.99 Å². The molecule has 1 heterocycles. The molecule has 0 bridgehead atoms. The lowest BCUT2D eigenvalue weighted by molar-refractivity contribution is 0.0996. The maximum absolute atomic E-state index is 12.5. The van der Waals surface area contributed by atoms with Gasteiger partial charge in [-0.15, -0.1) is 0 Å². The van der Waals surface area contributed by atoms with Gasteiger partial charge in [0.2, 0.25) is 0 Å². The molecule has 4 nitrogen and oxygen atoms in total. The molecule has 0 saturated carbocycles. The number of carbonyl (C=O) groups excluding carboxylic acids is 1. The van der Waals surface area contributed by atoms with Gasteiger partial charge in [0.15, 0.2) is 4.80 Å². The van der Waals surface area contributed by atoms with E-state index in [-0.39, 0.29) is 5.91 Å². The minimum Gasteiger partial charge on any atom is -0.380 e. The van der Waals surface area contributed by atoms with Crippen LogP contribution in [0.5, 0.6) is 0 Å². The number of nitrogens with zero attached hydrogens (tertiary/aromatic N) is 2. The topological polar surface area (TPSA) is 43.6 Å². The Labute approximate surface area is 158 Å². The Balaban J connectivity index is 2.04. The Bertz CT molecular complexity index is 958. The number of hydrogen-bond acceptors (Lipinski definition) is 3. The number of halogens is 1. The molecule has 25 heavy (non-hydrogen) atoms. The predicted octanol–water partition coefficient (Wildman–Crippen LogP) is 4.55. The summed E-state index contributed by atoms with van der Waals surface area (Å²) >= 11 is 4.91. The van der Waals surface area contributed by atoms with Gasteiger partial charge in [0.25, 0.3) is 5.91 Å². The van der Waals surface area contributed by atoms with Crippen molar-refractivity contribution in [1.29, 1.82) is 0 Å². The molecule has 0 aliphatic heterocycles. The van der Waals surface area contributed by atoms with Gasteiger partial charge in [-0.1, -0.05) is 33.3 Å². The summed E-state index contributed by atoms with van der Waals surface area (Å²) in [6, 6.07) is 13.5. The number of fused-ring (bicyclic) bond motifs is 1. The monoisotopic (exact) mass is 418 g/mol. The Morgan fingerprint density at radius 1 is 1.24 bits per heavy atom. The predicted molar refractivity (Wildman–Crippen MR) is 105 cm³/mol. The van der Waals surface area contributed by atoms with Gasteiger partial charge in [-0.3, -0.25) is 4.79 Å². The molecule has 0 aliphatic carbocycles. The van der Waals surface area contributed by atoms with Gasteiger partial charge in [0, 0.05) is 23.2 Å². The van der Waals surface area contributed by atoms with Gasteiger partial charge in [-0.25, -0.2) is 0 Å². The van der Waals surface area contributed by atoms with Crippen molar-refractivity contribution in [1.82, 2.24) is 4.57 Å². The van der Waals surface area contributed by atoms with Crippen LogP contribution in [0.25, 0.3) is 10.2 Å². The van der Waals surface area contributed by atoms with Crippen molar-refractivity contribution in [2.75, 3.05) is 13.2 Å². The highest BCUT2D eigenvalue weighted by molar-refractivity contribution is 9.10. The molecule has 130 valence electrons. The van der Waals surface area contributed by atoms with E-state index in [0.29, 0.717) is 30.1 Å². The second-order valence-electron chi connectivity index (χ2n) is 5.63. The number of aromatic nitrogens is 1. The molecule has 3 aromatic rings. The minimum atomic E-state index is -0.235. The fourth-order valence-electron chi connectivity index (χ4n) is 2.53. The number of benzene rings is 2. The number of hydrogen-bond donors (Lipinski definition) is 0. The first-order valence-electron chi connectivity index (χ1n) is 8.11. The quantitative estimate of drug-likeness (QED) is 0.570. The maximum Gasteiger partial charge on any atom is 0.279 e. The number of amides is 1. The second-order valence-corrected chi connectivity index (χ2v) is 7.55. The van der Waals surface area contributed by atoms with Crippen LogP contribution in [0.4, 0.5) is 0 Å². The Morgan fingerprint density at radius 3 is 2.72 bits per heavy atom. The average Bonchev–Trinajstić information content (AvgIpc) is 2.92. The Hall–Kier alpha value is -1.76. The van der Waals surface area contributed by atoms with Crippen LogP contribution < -0.4 is 4.80 Å². The van der Waals surface area contributed by atoms with Crippen LogP contribution >= 0.6 is 27.3 Å². The first kappa shape index (κ1) is 18.0. The van der Waals surface area contributed by atoms with Crippen molar-refractivity contribution in [2.45, 2.75) is 20.4 Å². The Morgan fingerprint density at radius 2 is 2.00 bits per heavy atom. The molecule has 0 unspecified atom stereocenters. The number of aryl methyl sites for hydroxylation is 1. The third-order valence-corrected chi connectivity index (χ3v) is 5.36. The zero-order chi connectivity index (χ0) is 17.8. The molecule has 1 amide bonds. The fourth-order valence-corrected chi connectivity index (χ4v) is 3.94. The van der Waals surface area contributed by atoms with E-state index in [1.165, 1.54) is 16.9 Å². The third kappa shape index (κ3) is 4.26. The largest absolute Gasteiger partial charge is 0.380 e. The van der Waals surface area contributed by atoms with Crippen molar-refractivity contribution >= 4 is 43.4 Å². The lowest BCUT2D eigenvalue weighted by Gasteiger charge is -2.05. The summed E-state index contributed by atoms with van der Waals surface area (Å²) in [6.45, 7) is 5.97. The molecule has 0 saturated heterocycles. The van der Waals surface area contributed by atoms with Crippen LogP contribution in [0.15, 0.2) is 51.9 Å². The fraction of sp³-hybridized carbons (Fsp3) is 0.263. The van der Waals surface area contributed by atoms with Gasteiger partial charge in [0.1, 0.15) is 0 Å². The average molecular weight is 419 g/mol. The lowest BCUT2D eigenvalue weighted by atomic mass is 10.2. The number of carbonyl (C=O) groups is 1. The molecule has 0 fully saturated rings. The number of thiazole rings is 1. The van der Waals surface area contributed by atoms with E-state index in [9.17, 15) is 4.79 Å². The summed E-state index contributed by atoms with van der Waals surface area (Å²) in [7, 11) is 0. The van der Waals surface area contributed by atoms with E-state index < -0.39 is 0 Å². The zero-order valence-corrected chi connectivity index (χ0v) is 16.6. The van der Waals surface area contributed by atoms with Crippen LogP contribution in [0.2, 0.25) is 0 Å². The molecule has 1 aromatic heterocycles. The number of rotatable bonds is 5. The highest BCUT2D eigenvalue weighted by Gasteiger charge is 2.09. The van der Waals surface area contributed by atoms with Gasteiger partial charge in [-0.2, -0.15) is 4.99 Å². The Kier molecular flexibility index (Phi) is 5.83. The molecule has 6 heteroatoms. The lowest BCUT2D eigenvalue weighted by Crippen LogP contribution is -2.19. The SMILES string of the molecule is CCOCCn1c(=NC(=O)c2ccc(Br)cc2)sc2cc(C)ccc21. The molecular weight excluding hydrogens is 400 g/mol.